The van der Waals surface area contributed by atoms with Gasteiger partial charge in [0.15, 0.2) is 0 Å². The van der Waals surface area contributed by atoms with Gasteiger partial charge in [0.2, 0.25) is 0 Å². The Balaban J connectivity index is 1.68. The molecule has 1 fully saturated rings. The maximum absolute atomic E-state index is 5.49. The third-order valence-corrected chi connectivity index (χ3v) is 3.91. The molecule has 4 rings (SSSR count). The molecule has 5 nitrogen and oxygen atoms in total. The molecule has 0 radical (unpaired) electrons. The summed E-state index contributed by atoms with van der Waals surface area (Å²) < 4.78 is 7.65. The quantitative estimate of drug-likeness (QED) is 0.740. The SMILES string of the molecule is Cc1ccc(-c2ccc3c(c2)ncn3C[C@@H]2CCO2)nn1. The van der Waals surface area contributed by atoms with E-state index >= 15 is 0 Å². The number of aryl methyl sites for hydroxylation is 1. The number of hydrogen-bond acceptors (Lipinski definition) is 4. The molecule has 106 valence electrons. The van der Waals surface area contributed by atoms with Gasteiger partial charge in [-0.15, -0.1) is 0 Å². The third kappa shape index (κ3) is 2.29. The Bertz CT molecular complexity index is 775. The summed E-state index contributed by atoms with van der Waals surface area (Å²) >= 11 is 0. The fourth-order valence-electron chi connectivity index (χ4n) is 2.57. The Morgan fingerprint density at radius 2 is 2.14 bits per heavy atom. The van der Waals surface area contributed by atoms with Crippen LogP contribution in [0.4, 0.5) is 0 Å². The molecule has 0 bridgehead atoms. The van der Waals surface area contributed by atoms with Crippen LogP contribution in [0, 0.1) is 6.92 Å². The Labute approximate surface area is 122 Å². The van der Waals surface area contributed by atoms with Crippen LogP contribution in [0.25, 0.3) is 22.3 Å². The highest BCUT2D eigenvalue weighted by Gasteiger charge is 2.19. The van der Waals surface area contributed by atoms with Crippen LogP contribution >= 0.6 is 0 Å². The van der Waals surface area contributed by atoms with Crippen molar-refractivity contribution in [2.45, 2.75) is 26.0 Å². The molecule has 0 N–H and O–H groups in total. The van der Waals surface area contributed by atoms with Gasteiger partial charge in [-0.3, -0.25) is 0 Å². The van der Waals surface area contributed by atoms with Gasteiger partial charge < -0.3 is 9.30 Å². The Morgan fingerprint density at radius 1 is 1.24 bits per heavy atom. The molecule has 1 aliphatic heterocycles. The van der Waals surface area contributed by atoms with Gasteiger partial charge in [-0.1, -0.05) is 6.07 Å². The van der Waals surface area contributed by atoms with Crippen molar-refractivity contribution in [2.24, 2.45) is 0 Å². The molecule has 0 spiro atoms. The van der Waals surface area contributed by atoms with Gasteiger partial charge in [0.1, 0.15) is 0 Å². The first-order valence-electron chi connectivity index (χ1n) is 7.17. The van der Waals surface area contributed by atoms with Crippen LogP contribution < -0.4 is 0 Å². The summed E-state index contributed by atoms with van der Waals surface area (Å²) in [5.74, 6) is 0. The topological polar surface area (TPSA) is 52.8 Å². The van der Waals surface area contributed by atoms with E-state index in [0.717, 1.165) is 47.6 Å². The summed E-state index contributed by atoms with van der Waals surface area (Å²) in [7, 11) is 0. The van der Waals surface area contributed by atoms with Crippen LogP contribution in [0.15, 0.2) is 36.7 Å². The first-order valence-corrected chi connectivity index (χ1v) is 7.17. The number of fused-ring (bicyclic) bond motifs is 1. The summed E-state index contributed by atoms with van der Waals surface area (Å²) in [5, 5.41) is 8.34. The largest absolute Gasteiger partial charge is 0.376 e. The maximum atomic E-state index is 5.49. The number of aromatic nitrogens is 4. The molecule has 1 atom stereocenters. The molecule has 3 aromatic rings. The molecule has 1 saturated heterocycles. The lowest BCUT2D eigenvalue weighted by Crippen LogP contribution is -2.30. The minimum absolute atomic E-state index is 0.338. The summed E-state index contributed by atoms with van der Waals surface area (Å²) in [6, 6.07) is 10.2. The lowest BCUT2D eigenvalue weighted by Gasteiger charge is -2.26. The average Bonchev–Trinajstić information content (AvgIpc) is 2.86. The molecule has 5 heteroatoms. The molecule has 0 aliphatic carbocycles. The smallest absolute Gasteiger partial charge is 0.0959 e. The molecule has 1 aromatic carbocycles. The molecular formula is C16H16N4O. The van der Waals surface area contributed by atoms with E-state index in [0.29, 0.717) is 6.10 Å². The van der Waals surface area contributed by atoms with E-state index < -0.39 is 0 Å². The maximum Gasteiger partial charge on any atom is 0.0959 e. The molecule has 21 heavy (non-hydrogen) atoms. The summed E-state index contributed by atoms with van der Waals surface area (Å²) in [4.78, 5) is 4.49. The third-order valence-electron chi connectivity index (χ3n) is 3.91. The lowest BCUT2D eigenvalue weighted by atomic mass is 10.1. The van der Waals surface area contributed by atoms with Crippen LogP contribution in [0.3, 0.4) is 0 Å². The van der Waals surface area contributed by atoms with Crippen LogP contribution in [0.5, 0.6) is 0 Å². The fourth-order valence-corrected chi connectivity index (χ4v) is 2.57. The Kier molecular flexibility index (Phi) is 2.93. The normalized spacial score (nSPS) is 17.9. The predicted octanol–water partition coefficient (Wildman–Crippen LogP) is 2.59. The van der Waals surface area contributed by atoms with E-state index in [1.54, 1.807) is 0 Å². The number of hydrogen-bond donors (Lipinski definition) is 0. The van der Waals surface area contributed by atoms with Crippen molar-refractivity contribution in [3.05, 3.63) is 42.4 Å². The van der Waals surface area contributed by atoms with E-state index in [1.165, 1.54) is 0 Å². The van der Waals surface area contributed by atoms with Gasteiger partial charge >= 0.3 is 0 Å². The van der Waals surface area contributed by atoms with E-state index in [9.17, 15) is 0 Å². The highest BCUT2D eigenvalue weighted by Crippen LogP contribution is 2.23. The average molecular weight is 280 g/mol. The number of rotatable bonds is 3. The van der Waals surface area contributed by atoms with Crippen molar-refractivity contribution in [3.8, 4) is 11.3 Å². The predicted molar refractivity (Wildman–Crippen MR) is 79.9 cm³/mol. The van der Waals surface area contributed by atoms with Crippen LogP contribution in [-0.4, -0.2) is 32.5 Å². The van der Waals surface area contributed by atoms with E-state index in [1.807, 2.05) is 25.4 Å². The van der Waals surface area contributed by atoms with Crippen LogP contribution in [0.1, 0.15) is 12.1 Å². The van der Waals surface area contributed by atoms with Crippen LogP contribution in [-0.2, 0) is 11.3 Å². The van der Waals surface area contributed by atoms with Crippen molar-refractivity contribution < 1.29 is 4.74 Å². The Morgan fingerprint density at radius 3 is 2.86 bits per heavy atom. The van der Waals surface area contributed by atoms with Gasteiger partial charge in [0.05, 0.1) is 41.4 Å². The first-order chi connectivity index (χ1) is 10.3. The molecule has 0 unspecified atom stereocenters. The standard InChI is InChI=1S/C16H16N4O/c1-11-2-4-14(19-18-11)12-3-5-16-15(8-12)17-10-20(16)9-13-6-7-21-13/h2-5,8,10,13H,6-7,9H2,1H3/t13-/m0/s1. The molecule has 0 amide bonds. The molecule has 2 aromatic heterocycles. The van der Waals surface area contributed by atoms with Gasteiger partial charge in [0, 0.05) is 12.2 Å². The zero-order chi connectivity index (χ0) is 14.2. The second kappa shape index (κ2) is 4.93. The highest BCUT2D eigenvalue weighted by molar-refractivity contribution is 5.81. The van der Waals surface area contributed by atoms with Crippen molar-refractivity contribution >= 4 is 11.0 Å². The molecule has 1 aliphatic rings. The van der Waals surface area contributed by atoms with E-state index in [-0.39, 0.29) is 0 Å². The van der Waals surface area contributed by atoms with Gasteiger partial charge in [0.25, 0.3) is 0 Å². The minimum atomic E-state index is 0.338. The van der Waals surface area contributed by atoms with Crippen molar-refractivity contribution in [1.82, 2.24) is 19.7 Å². The van der Waals surface area contributed by atoms with Gasteiger partial charge in [-0.05, 0) is 37.6 Å². The molecular weight excluding hydrogens is 264 g/mol. The van der Waals surface area contributed by atoms with Crippen molar-refractivity contribution in [1.29, 1.82) is 0 Å². The van der Waals surface area contributed by atoms with Gasteiger partial charge in [-0.2, -0.15) is 10.2 Å². The summed E-state index contributed by atoms with van der Waals surface area (Å²) in [6.45, 7) is 3.69. The molecule has 0 saturated carbocycles. The first kappa shape index (κ1) is 12.5. The number of ether oxygens (including phenoxy) is 1. The summed E-state index contributed by atoms with van der Waals surface area (Å²) in [6.07, 6.45) is 3.36. The fraction of sp³-hybridized carbons (Fsp3) is 0.312. The minimum Gasteiger partial charge on any atom is -0.376 e. The monoisotopic (exact) mass is 280 g/mol. The zero-order valence-electron chi connectivity index (χ0n) is 11.9. The molecule has 3 heterocycles. The van der Waals surface area contributed by atoms with E-state index in [2.05, 4.69) is 37.9 Å². The van der Waals surface area contributed by atoms with Gasteiger partial charge in [-0.25, -0.2) is 4.98 Å². The van der Waals surface area contributed by atoms with Crippen LogP contribution in [0.2, 0.25) is 0 Å². The lowest BCUT2D eigenvalue weighted by molar-refractivity contribution is -0.0586. The summed E-state index contributed by atoms with van der Waals surface area (Å²) in [5.41, 5.74) is 4.95. The second-order valence-electron chi connectivity index (χ2n) is 5.44. The highest BCUT2D eigenvalue weighted by atomic mass is 16.5. The number of benzene rings is 1. The number of nitrogens with zero attached hydrogens (tertiary/aromatic N) is 4. The van der Waals surface area contributed by atoms with Crippen molar-refractivity contribution in [3.63, 3.8) is 0 Å². The second-order valence-corrected chi connectivity index (χ2v) is 5.44. The van der Waals surface area contributed by atoms with Crippen molar-refractivity contribution in [2.75, 3.05) is 6.61 Å². The zero-order valence-corrected chi connectivity index (χ0v) is 11.9. The Hall–Kier alpha value is -2.27. The number of imidazole rings is 1. The van der Waals surface area contributed by atoms with E-state index in [4.69, 9.17) is 4.74 Å².